The van der Waals surface area contributed by atoms with Crippen molar-refractivity contribution in [3.8, 4) is 0 Å². The second-order valence-electron chi connectivity index (χ2n) is 10.1. The first-order chi connectivity index (χ1) is 13.5. The minimum Gasteiger partial charge on any atom is -0.389 e. The van der Waals surface area contributed by atoms with E-state index in [1.807, 2.05) is 6.92 Å². The van der Waals surface area contributed by atoms with Gasteiger partial charge in [-0.3, -0.25) is 4.52 Å². The molecule has 0 bridgehead atoms. The molecular formula is C20H38O8P2. The Morgan fingerprint density at radius 1 is 1.13 bits per heavy atom. The zero-order chi connectivity index (χ0) is 23.0. The second kappa shape index (κ2) is 9.07. The highest BCUT2D eigenvalue weighted by molar-refractivity contribution is 7.60. The molecule has 2 aliphatic carbocycles. The summed E-state index contributed by atoms with van der Waals surface area (Å²) in [5.74, 6) is 0.656. The van der Waals surface area contributed by atoms with Gasteiger partial charge in [0.1, 0.15) is 0 Å². The van der Waals surface area contributed by atoms with E-state index in [2.05, 4.69) is 36.5 Å². The summed E-state index contributed by atoms with van der Waals surface area (Å²) in [6, 6.07) is 0. The molecule has 0 radical (unpaired) electrons. The molecule has 0 heterocycles. The van der Waals surface area contributed by atoms with Crippen molar-refractivity contribution in [3.63, 3.8) is 0 Å². The topological polar surface area (TPSA) is 134 Å². The molecule has 0 spiro atoms. The highest BCUT2D eigenvalue weighted by Crippen LogP contribution is 2.63. The summed E-state index contributed by atoms with van der Waals surface area (Å²) >= 11 is 0. The van der Waals surface area contributed by atoms with E-state index in [0.717, 1.165) is 31.3 Å². The maximum absolute atomic E-state index is 11.9. The van der Waals surface area contributed by atoms with Crippen LogP contribution in [0.15, 0.2) is 11.6 Å². The summed E-state index contributed by atoms with van der Waals surface area (Å²) in [6.07, 6.45) is 8.22. The lowest BCUT2D eigenvalue weighted by molar-refractivity contribution is -0.211. The predicted octanol–water partition coefficient (Wildman–Crippen LogP) is 4.93. The number of aliphatic hydroxyl groups is 1. The summed E-state index contributed by atoms with van der Waals surface area (Å²) in [7, 11) is -9.96. The summed E-state index contributed by atoms with van der Waals surface area (Å²) in [4.78, 5) is 26.6. The zero-order valence-corrected chi connectivity index (χ0v) is 20.5. The van der Waals surface area contributed by atoms with Crippen molar-refractivity contribution in [2.45, 2.75) is 85.2 Å². The van der Waals surface area contributed by atoms with Crippen LogP contribution >= 0.6 is 15.6 Å². The summed E-state index contributed by atoms with van der Waals surface area (Å²) < 4.78 is 30.6. The van der Waals surface area contributed by atoms with Gasteiger partial charge in [0.05, 0.1) is 12.2 Å². The van der Waals surface area contributed by atoms with E-state index in [1.165, 1.54) is 6.42 Å². The van der Waals surface area contributed by atoms with E-state index in [9.17, 15) is 19.1 Å². The molecule has 5 atom stereocenters. The molecule has 10 heteroatoms. The molecule has 2 fully saturated rings. The Morgan fingerprint density at radius 2 is 1.77 bits per heavy atom. The fraction of sp³-hybridized carbons (Fsp3) is 0.900. The Kier molecular flexibility index (Phi) is 7.93. The fourth-order valence-electron chi connectivity index (χ4n) is 6.02. The SMILES string of the molecule is C/C(=C\COP(=O)(O)OP(=O)(O)O)CC[C@@]1(O)C(C)CC[C@H]2C(C)(C)CCC[C@@]21C. The van der Waals surface area contributed by atoms with Gasteiger partial charge in [0, 0.05) is 0 Å². The monoisotopic (exact) mass is 468 g/mol. The number of rotatable bonds is 8. The highest BCUT2D eigenvalue weighted by Gasteiger charge is 2.60. The Hall–Kier alpha value is -0.0400. The lowest BCUT2D eigenvalue weighted by Gasteiger charge is -2.63. The van der Waals surface area contributed by atoms with E-state index in [-0.39, 0.29) is 23.4 Å². The maximum Gasteiger partial charge on any atom is 0.481 e. The molecule has 0 saturated heterocycles. The van der Waals surface area contributed by atoms with Crippen molar-refractivity contribution >= 4 is 15.6 Å². The molecule has 0 amide bonds. The Labute approximate surface area is 179 Å². The van der Waals surface area contributed by atoms with Crippen LogP contribution in [0.1, 0.15) is 79.6 Å². The number of fused-ring (bicyclic) bond motifs is 1. The average Bonchev–Trinajstić information content (AvgIpc) is 2.55. The number of hydrogen-bond donors (Lipinski definition) is 4. The molecule has 0 aromatic heterocycles. The van der Waals surface area contributed by atoms with Crippen molar-refractivity contribution in [1.29, 1.82) is 0 Å². The largest absolute Gasteiger partial charge is 0.481 e. The van der Waals surface area contributed by atoms with Crippen LogP contribution in [0.2, 0.25) is 0 Å². The zero-order valence-electron chi connectivity index (χ0n) is 18.7. The third kappa shape index (κ3) is 5.85. The van der Waals surface area contributed by atoms with E-state index >= 15 is 0 Å². The van der Waals surface area contributed by atoms with Crippen molar-refractivity contribution in [2.75, 3.05) is 6.61 Å². The van der Waals surface area contributed by atoms with Crippen LogP contribution in [0.4, 0.5) is 0 Å². The minimum absolute atomic E-state index is 0.152. The number of allylic oxidation sites excluding steroid dienone is 1. The molecule has 0 aromatic rings. The van der Waals surface area contributed by atoms with Gasteiger partial charge >= 0.3 is 15.6 Å². The summed E-state index contributed by atoms with van der Waals surface area (Å²) in [5.41, 5.74) is 0.134. The van der Waals surface area contributed by atoms with Gasteiger partial charge in [0.2, 0.25) is 0 Å². The first-order valence-corrected chi connectivity index (χ1v) is 13.7. The Balaban J connectivity index is 2.04. The number of phosphoric ester groups is 1. The first-order valence-electron chi connectivity index (χ1n) is 10.6. The van der Waals surface area contributed by atoms with Crippen molar-refractivity contribution in [3.05, 3.63) is 11.6 Å². The molecular weight excluding hydrogens is 430 g/mol. The van der Waals surface area contributed by atoms with Crippen molar-refractivity contribution in [1.82, 2.24) is 0 Å². The summed E-state index contributed by atoms with van der Waals surface area (Å²) in [6.45, 7) is 10.5. The normalized spacial score (nSPS) is 36.8. The molecule has 8 nitrogen and oxygen atoms in total. The average molecular weight is 468 g/mol. The molecule has 0 aliphatic heterocycles. The lowest BCUT2D eigenvalue weighted by atomic mass is 9.44. The third-order valence-electron chi connectivity index (χ3n) is 7.70. The van der Waals surface area contributed by atoms with E-state index in [0.29, 0.717) is 18.8 Å². The van der Waals surface area contributed by atoms with Crippen LogP contribution < -0.4 is 0 Å². The van der Waals surface area contributed by atoms with E-state index in [1.54, 1.807) is 6.08 Å². The molecule has 176 valence electrons. The van der Waals surface area contributed by atoms with Gasteiger partial charge in [0.15, 0.2) is 0 Å². The first kappa shape index (κ1) is 26.2. The van der Waals surface area contributed by atoms with Crippen LogP contribution in [0.5, 0.6) is 0 Å². The molecule has 2 unspecified atom stereocenters. The Morgan fingerprint density at radius 3 is 2.37 bits per heavy atom. The highest BCUT2D eigenvalue weighted by atomic mass is 31.3. The van der Waals surface area contributed by atoms with Crippen molar-refractivity contribution in [2.24, 2.45) is 22.7 Å². The minimum atomic E-state index is -5.12. The predicted molar refractivity (Wildman–Crippen MR) is 114 cm³/mol. The van der Waals surface area contributed by atoms with Gasteiger partial charge < -0.3 is 19.8 Å². The van der Waals surface area contributed by atoms with Gasteiger partial charge in [-0.2, -0.15) is 4.31 Å². The van der Waals surface area contributed by atoms with Crippen molar-refractivity contribution < 1.29 is 37.8 Å². The quantitative estimate of drug-likeness (QED) is 0.291. The van der Waals surface area contributed by atoms with Crippen LogP contribution in [-0.2, 0) is 18.0 Å². The van der Waals surface area contributed by atoms with Crippen LogP contribution in [0.3, 0.4) is 0 Å². The molecule has 4 N–H and O–H groups in total. The van der Waals surface area contributed by atoms with Gasteiger partial charge in [-0.15, -0.1) is 0 Å². The van der Waals surface area contributed by atoms with Crippen LogP contribution in [0, 0.1) is 22.7 Å². The van der Waals surface area contributed by atoms with Crippen LogP contribution in [-0.4, -0.2) is 32.0 Å². The standard InChI is InChI=1S/C20H38O8P2/c1-15(10-14-27-30(25,26)28-29(22,23)24)9-13-20(21)16(2)7-8-17-18(3,4)11-6-12-19(17,20)5/h10,16-17,21H,6-9,11-14H2,1-5H3,(H,25,26)(H2,22,23,24)/b15-10+/t16?,17-,19-,20+/m0/s1. The van der Waals surface area contributed by atoms with Gasteiger partial charge in [-0.05, 0) is 68.1 Å². The number of phosphoric acid groups is 2. The fourth-order valence-corrected chi connectivity index (χ4v) is 7.55. The van der Waals surface area contributed by atoms with Crippen LogP contribution in [0.25, 0.3) is 0 Å². The molecule has 2 rings (SSSR count). The molecule has 30 heavy (non-hydrogen) atoms. The van der Waals surface area contributed by atoms with Gasteiger partial charge in [0.25, 0.3) is 0 Å². The Bertz CT molecular complexity index is 745. The van der Waals surface area contributed by atoms with E-state index < -0.39 is 21.2 Å². The maximum atomic E-state index is 11.9. The second-order valence-corrected chi connectivity index (χ2v) is 12.9. The smallest absolute Gasteiger partial charge is 0.389 e. The van der Waals surface area contributed by atoms with Gasteiger partial charge in [-0.25, -0.2) is 9.13 Å². The lowest BCUT2D eigenvalue weighted by Crippen LogP contribution is -2.62. The molecule has 2 saturated carbocycles. The molecule has 0 aromatic carbocycles. The van der Waals surface area contributed by atoms with E-state index in [4.69, 9.17) is 9.79 Å². The number of hydrogen-bond acceptors (Lipinski definition) is 5. The summed E-state index contributed by atoms with van der Waals surface area (Å²) in [5, 5.41) is 11.9. The third-order valence-corrected chi connectivity index (χ3v) is 9.85. The van der Waals surface area contributed by atoms with Gasteiger partial charge in [-0.1, -0.05) is 45.8 Å². The molecule has 2 aliphatic rings.